The first-order valence-corrected chi connectivity index (χ1v) is 5.71. The Morgan fingerprint density at radius 3 is 2.85 bits per heavy atom. The highest BCUT2D eigenvalue weighted by Gasteiger charge is 2.11. The summed E-state index contributed by atoms with van der Waals surface area (Å²) in [5.74, 6) is 0. The molecule has 0 spiro atoms. The summed E-state index contributed by atoms with van der Waals surface area (Å²) in [6.45, 7) is 2.12. The van der Waals surface area contributed by atoms with Gasteiger partial charge in [-0.25, -0.2) is 4.98 Å². The molecule has 0 unspecified atom stereocenters. The molecule has 0 atom stereocenters. The van der Waals surface area contributed by atoms with Crippen LogP contribution in [0.1, 0.15) is 36.1 Å². The molecule has 0 radical (unpaired) electrons. The fraction of sp³-hybridized carbons (Fsp3) is 0.545. The largest absolute Gasteiger partial charge is 0.246 e. The summed E-state index contributed by atoms with van der Waals surface area (Å²) in [5, 5.41) is 0. The lowest BCUT2D eigenvalue weighted by Gasteiger charge is -2.08. The third kappa shape index (κ3) is 1.93. The zero-order valence-electron chi connectivity index (χ0n) is 7.94. The van der Waals surface area contributed by atoms with E-state index < -0.39 is 0 Å². The monoisotopic (exact) mass is 239 g/mol. The van der Waals surface area contributed by atoms with Crippen LogP contribution in [0.3, 0.4) is 0 Å². The maximum Gasteiger partial charge on any atom is 0.106 e. The lowest BCUT2D eigenvalue weighted by molar-refractivity contribution is 0.711. The molecule has 0 aliphatic heterocycles. The first-order chi connectivity index (χ1) is 6.27. The van der Waals surface area contributed by atoms with Gasteiger partial charge in [0.25, 0.3) is 0 Å². The summed E-state index contributed by atoms with van der Waals surface area (Å²) in [4.78, 5) is 4.45. The predicted octanol–water partition coefficient (Wildman–Crippen LogP) is 3.42. The number of hydrogen-bond acceptors (Lipinski definition) is 1. The third-order valence-corrected chi connectivity index (χ3v) is 3.17. The van der Waals surface area contributed by atoms with Crippen LogP contribution in [0.15, 0.2) is 10.7 Å². The van der Waals surface area contributed by atoms with Crippen molar-refractivity contribution in [3.63, 3.8) is 0 Å². The van der Waals surface area contributed by atoms with E-state index in [1.165, 1.54) is 48.9 Å². The van der Waals surface area contributed by atoms with Crippen molar-refractivity contribution in [2.75, 3.05) is 0 Å². The maximum absolute atomic E-state index is 4.45. The molecule has 1 nitrogen and oxygen atoms in total. The highest BCUT2D eigenvalue weighted by molar-refractivity contribution is 9.10. The van der Waals surface area contributed by atoms with Crippen molar-refractivity contribution < 1.29 is 0 Å². The Kier molecular flexibility index (Phi) is 2.68. The van der Waals surface area contributed by atoms with E-state index in [2.05, 4.69) is 33.9 Å². The Labute approximate surface area is 87.7 Å². The second kappa shape index (κ2) is 3.79. The van der Waals surface area contributed by atoms with Gasteiger partial charge >= 0.3 is 0 Å². The number of fused-ring (bicyclic) bond motifs is 1. The van der Waals surface area contributed by atoms with Crippen LogP contribution in [0.2, 0.25) is 0 Å². The highest BCUT2D eigenvalue weighted by Crippen LogP contribution is 2.24. The van der Waals surface area contributed by atoms with E-state index in [1.807, 2.05) is 0 Å². The van der Waals surface area contributed by atoms with Gasteiger partial charge in [-0.3, -0.25) is 0 Å². The molecule has 13 heavy (non-hydrogen) atoms. The number of nitrogens with zero attached hydrogens (tertiary/aromatic N) is 1. The van der Waals surface area contributed by atoms with Gasteiger partial charge in [-0.2, -0.15) is 0 Å². The van der Waals surface area contributed by atoms with Crippen molar-refractivity contribution in [3.8, 4) is 0 Å². The molecule has 0 saturated carbocycles. The van der Waals surface area contributed by atoms with Crippen molar-refractivity contribution in [3.05, 3.63) is 27.5 Å². The number of aromatic nitrogens is 1. The van der Waals surface area contributed by atoms with Crippen molar-refractivity contribution in [1.29, 1.82) is 0 Å². The van der Waals surface area contributed by atoms with Gasteiger partial charge in [-0.15, -0.1) is 0 Å². The lowest BCUT2D eigenvalue weighted by Crippen LogP contribution is -1.98. The first kappa shape index (κ1) is 9.20. The van der Waals surface area contributed by atoms with Crippen LogP contribution in [0, 0.1) is 6.92 Å². The molecule has 0 N–H and O–H groups in total. The van der Waals surface area contributed by atoms with Crippen molar-refractivity contribution >= 4 is 15.9 Å². The molecule has 2 heteroatoms. The molecule has 1 heterocycles. The zero-order valence-corrected chi connectivity index (χ0v) is 9.52. The minimum Gasteiger partial charge on any atom is -0.246 e. The molecule has 70 valence electrons. The predicted molar refractivity (Wildman–Crippen MR) is 57.9 cm³/mol. The van der Waals surface area contributed by atoms with E-state index >= 15 is 0 Å². The molecular weight excluding hydrogens is 226 g/mol. The van der Waals surface area contributed by atoms with Crippen molar-refractivity contribution in [2.24, 2.45) is 0 Å². The van der Waals surface area contributed by atoms with E-state index in [0.717, 1.165) is 4.60 Å². The van der Waals surface area contributed by atoms with E-state index in [4.69, 9.17) is 0 Å². The minimum atomic E-state index is 0.991. The van der Waals surface area contributed by atoms with Crippen LogP contribution in [0.25, 0.3) is 0 Å². The zero-order chi connectivity index (χ0) is 9.26. The van der Waals surface area contributed by atoms with Gasteiger partial charge in [0, 0.05) is 5.69 Å². The van der Waals surface area contributed by atoms with Crippen LogP contribution in [0.4, 0.5) is 0 Å². The number of aryl methyl sites for hydroxylation is 2. The molecule has 1 aromatic rings. The first-order valence-electron chi connectivity index (χ1n) is 4.92. The Bertz CT molecular complexity index is 320. The average Bonchev–Trinajstić information content (AvgIpc) is 2.28. The lowest BCUT2D eigenvalue weighted by atomic mass is 10.0. The summed E-state index contributed by atoms with van der Waals surface area (Å²) < 4.78 is 0.991. The standard InChI is InChI=1S/C11H14BrN/c1-8-10-6-4-2-3-5-9(10)7-11(12)13-8/h7H,2-6H2,1H3. The smallest absolute Gasteiger partial charge is 0.106 e. The molecule has 0 saturated heterocycles. The van der Waals surface area contributed by atoms with E-state index in [0.29, 0.717) is 0 Å². The quantitative estimate of drug-likeness (QED) is 0.500. The molecule has 0 bridgehead atoms. The van der Waals surface area contributed by atoms with E-state index in [9.17, 15) is 0 Å². The van der Waals surface area contributed by atoms with Gasteiger partial charge in [0.05, 0.1) is 0 Å². The molecular formula is C11H14BrN. The van der Waals surface area contributed by atoms with Gasteiger partial charge in [-0.1, -0.05) is 6.42 Å². The highest BCUT2D eigenvalue weighted by atomic mass is 79.9. The van der Waals surface area contributed by atoms with E-state index in [1.54, 1.807) is 0 Å². The Balaban J connectivity index is 2.47. The van der Waals surface area contributed by atoms with Gasteiger partial charge in [0.1, 0.15) is 4.60 Å². The fourth-order valence-electron chi connectivity index (χ4n) is 2.08. The van der Waals surface area contributed by atoms with Gasteiger partial charge in [-0.05, 0) is 65.7 Å². The molecule has 0 aromatic carbocycles. The number of hydrogen-bond donors (Lipinski definition) is 0. The Morgan fingerprint density at radius 2 is 2.00 bits per heavy atom. The summed E-state index contributed by atoms with van der Waals surface area (Å²) >= 11 is 3.46. The number of halogens is 1. The average molecular weight is 240 g/mol. The van der Waals surface area contributed by atoms with Crippen LogP contribution in [0.5, 0.6) is 0 Å². The Morgan fingerprint density at radius 1 is 1.23 bits per heavy atom. The normalized spacial score (nSPS) is 16.5. The summed E-state index contributed by atoms with van der Waals surface area (Å²) in [5.41, 5.74) is 4.23. The van der Waals surface area contributed by atoms with Crippen LogP contribution >= 0.6 is 15.9 Å². The molecule has 1 aromatic heterocycles. The number of rotatable bonds is 0. The molecule has 1 aliphatic carbocycles. The topological polar surface area (TPSA) is 12.9 Å². The molecule has 2 rings (SSSR count). The second-order valence-corrected chi connectivity index (χ2v) is 4.54. The van der Waals surface area contributed by atoms with Gasteiger partial charge in [0.15, 0.2) is 0 Å². The van der Waals surface area contributed by atoms with Crippen LogP contribution in [-0.4, -0.2) is 4.98 Å². The summed E-state index contributed by atoms with van der Waals surface area (Å²) in [7, 11) is 0. The fourth-order valence-corrected chi connectivity index (χ4v) is 2.62. The molecule has 0 fully saturated rings. The van der Waals surface area contributed by atoms with Gasteiger partial charge in [0.2, 0.25) is 0 Å². The molecule has 1 aliphatic rings. The van der Waals surface area contributed by atoms with Crippen LogP contribution < -0.4 is 0 Å². The van der Waals surface area contributed by atoms with Crippen LogP contribution in [-0.2, 0) is 12.8 Å². The maximum atomic E-state index is 4.45. The summed E-state index contributed by atoms with van der Waals surface area (Å²) in [6, 6.07) is 2.19. The Hall–Kier alpha value is -0.370. The number of pyridine rings is 1. The second-order valence-electron chi connectivity index (χ2n) is 3.73. The molecule has 0 amide bonds. The third-order valence-electron chi connectivity index (χ3n) is 2.77. The van der Waals surface area contributed by atoms with Crippen molar-refractivity contribution in [1.82, 2.24) is 4.98 Å². The van der Waals surface area contributed by atoms with Gasteiger partial charge < -0.3 is 0 Å². The minimum absolute atomic E-state index is 0.991. The van der Waals surface area contributed by atoms with Crippen molar-refractivity contribution in [2.45, 2.75) is 39.0 Å². The SMILES string of the molecule is Cc1nc(Br)cc2c1CCCCC2. The van der Waals surface area contributed by atoms with E-state index in [-0.39, 0.29) is 0 Å². The summed E-state index contributed by atoms with van der Waals surface area (Å²) in [6.07, 6.45) is 6.49.